The fourth-order valence-electron chi connectivity index (χ4n) is 22.7. The Labute approximate surface area is 852 Å². The van der Waals surface area contributed by atoms with Crippen molar-refractivity contribution in [2.24, 2.45) is 137 Å². The standard InChI is InChI=1S/C16H30.C14H26.C12H20.C12H22.C11H20.C7H14.2C6H11F3.C6H12.C6H14.2C5H12.4C4H10.C3H8.C2H6/c1-13-6-8-16(9-7-13)11-14(2,3)10-15(4,5)12-16;1-12-4-6-14(7-5-12)10-8-13(2,3)9-11-14;1-2-12-6-9-3-10(7-12)5-11(4-9)8-12;1-11-5-9-12(10-6-11)7-3-2-4-8-12;1-10-4-8-11(9-5-10)6-2-3-7-11;1-7-5-3-2-4-6-7;2*1-3-5(2)4-6(7,8)9;1-6-4-2-3-5-6;1-5-6(2,3)4;1-5(2,3)4;1-4-5(2)3;2*1-4(2)3;2*1-3-4-2;1-3-2;1-2/h13H,6-12H2,1-5H3;12H,4-11H2,1-3H3;9-11H,2-8H2,1H3;11H,2-10H2,1H3;10H,2-9H2,1H3;7H,2-6H2,1H3;2*5H,3-4H2,1-2H3;6H,2-5H2,1H3;5H2,1-4H3;1-4H3;5H,4H2,1-3H3;2*4H,1-3H3;2*3-4H2,1-2H3;3H2,1-2H3;1-2H3/t;;;;;;2*5-;;;;;;;;;;/m......00........../s1/i;;;;;7D;;;6D;5D2;;4D2;4D;;3D2;;;. The molecule has 808 valence electrons. The van der Waals surface area contributed by atoms with Crippen molar-refractivity contribution in [3.05, 3.63) is 0 Å². The van der Waals surface area contributed by atoms with E-state index in [-0.39, 0.29) is 40.9 Å². The zero-order valence-electron chi connectivity index (χ0n) is 108. The highest BCUT2D eigenvalue weighted by atomic mass is 19.4. The Kier molecular flexibility index (Phi) is 69.7. The summed E-state index contributed by atoms with van der Waals surface area (Å²) in [5.74, 6) is 7.62. The molecule has 4 spiro atoms. The molecule has 2 atom stereocenters. The predicted octanol–water partition coefficient (Wildman–Crippen LogP) is 48.4. The van der Waals surface area contributed by atoms with Crippen molar-refractivity contribution >= 4 is 0 Å². The Morgan fingerprint density at radius 2 is 0.571 bits per heavy atom. The second kappa shape index (κ2) is 75.3. The monoisotopic (exact) mass is 1910 g/mol. The molecule has 6 heteroatoms. The fourth-order valence-corrected chi connectivity index (χ4v) is 22.7. The summed E-state index contributed by atoms with van der Waals surface area (Å²) in [4.78, 5) is 0. The van der Waals surface area contributed by atoms with Crippen LogP contribution in [0.1, 0.15) is 682 Å². The van der Waals surface area contributed by atoms with Crippen LogP contribution in [0.25, 0.3) is 0 Å². The van der Waals surface area contributed by atoms with Crippen molar-refractivity contribution < 1.29 is 38.7 Å². The Hall–Kier alpha value is -0.420. The van der Waals surface area contributed by atoms with Gasteiger partial charge in [0.1, 0.15) is 0 Å². The minimum Gasteiger partial charge on any atom is -0.171 e. The van der Waals surface area contributed by atoms with Gasteiger partial charge in [-0.25, -0.2) is 0 Å². The molecule has 14 rings (SSSR count). The molecule has 0 aromatic heterocycles. The molecule has 14 fully saturated rings. The highest BCUT2D eigenvalue weighted by molar-refractivity contribution is 5.02. The topological polar surface area (TPSA) is 0 Å². The smallest absolute Gasteiger partial charge is 0.171 e. The number of alkyl halides is 6. The first-order valence-corrected chi connectivity index (χ1v) is 57.9. The number of hydrogen-bond acceptors (Lipinski definition) is 0. The van der Waals surface area contributed by atoms with Gasteiger partial charge in [-0.2, -0.15) is 26.3 Å². The molecule has 0 N–H and O–H groups in total. The summed E-state index contributed by atoms with van der Waals surface area (Å²) >= 11 is 0. The van der Waals surface area contributed by atoms with Crippen LogP contribution in [0.15, 0.2) is 0 Å². The lowest BCUT2D eigenvalue weighted by molar-refractivity contribution is -0.144. The molecule has 0 aromatic rings. The first kappa shape index (κ1) is 123. The summed E-state index contributed by atoms with van der Waals surface area (Å²) in [5, 5.41) is 0. The summed E-state index contributed by atoms with van der Waals surface area (Å²) in [5.41, 5.74) is 6.10. The maximum atomic E-state index is 11.5. The van der Waals surface area contributed by atoms with Crippen molar-refractivity contribution in [3.63, 3.8) is 0 Å². The van der Waals surface area contributed by atoms with E-state index in [0.717, 1.165) is 94.7 Å². The van der Waals surface area contributed by atoms with Crippen molar-refractivity contribution in [1.82, 2.24) is 0 Å². The lowest BCUT2D eigenvalue weighted by atomic mass is 9.49. The normalized spacial score (nSPS) is 26.8. The quantitative estimate of drug-likeness (QED) is 0.213. The molecule has 0 aromatic carbocycles. The van der Waals surface area contributed by atoms with Gasteiger partial charge in [-0.1, -0.05) is 496 Å². The van der Waals surface area contributed by atoms with E-state index in [2.05, 4.69) is 152 Å². The third-order valence-electron chi connectivity index (χ3n) is 31.1. The highest BCUT2D eigenvalue weighted by Crippen LogP contribution is 2.63. The van der Waals surface area contributed by atoms with Crippen LogP contribution in [0.4, 0.5) is 26.3 Å². The Morgan fingerprint density at radius 3 is 0.759 bits per heavy atom. The van der Waals surface area contributed by atoms with Crippen LogP contribution < -0.4 is 0 Å². The molecule has 0 unspecified atom stereocenters. The lowest BCUT2D eigenvalue weighted by Gasteiger charge is -2.56. The SMILES string of the molecule is CC.CC(C)(C)C.CC(C)C.CC1CCC2(CC1)CC(C)(C)CC(C)(C)C2.CC1CCC2(CC1)CCC(C)(C)CC2.CC1CCC2(CCCC2)CC1.CC1CCC2(CCCCC2)CC1.CCC.CCC12CC3CC(CC(C3)C1)C2.CCCC.CC[C@H](C)CC(F)(F)F.CC[C@H](C)CC(F)(F)F.[2H]C(C)(C)C.[2H]C([2H])(C)C(C)(C)C.[2H]C([2H])(C)C(C)C.[2H]C([2H])(C)CC.[2H]C1(C)CCCC1.[2H]C1(C)CCCCC1. The average molecular weight is 1910 g/mol. The van der Waals surface area contributed by atoms with E-state index < -0.39 is 44.3 Å². The summed E-state index contributed by atoms with van der Waals surface area (Å²) in [7, 11) is 0. The van der Waals surface area contributed by atoms with Gasteiger partial charge in [-0.15, -0.1) is 0 Å². The Morgan fingerprint density at radius 1 is 0.346 bits per heavy atom. The second-order valence-electron chi connectivity index (χ2n) is 53.2. The van der Waals surface area contributed by atoms with Crippen LogP contribution in [0.3, 0.4) is 0 Å². The van der Waals surface area contributed by atoms with E-state index in [1.807, 2.05) is 90.0 Å². The molecule has 14 aliphatic rings. The second-order valence-corrected chi connectivity index (χ2v) is 53.2. The molecule has 14 aliphatic carbocycles. The predicted molar refractivity (Wildman–Crippen MR) is 596 cm³/mol. The number of halogens is 6. The molecule has 133 heavy (non-hydrogen) atoms. The Bertz CT molecular complexity index is 2780. The van der Waals surface area contributed by atoms with Crippen molar-refractivity contribution in [2.75, 3.05) is 0 Å². The molecule has 14 saturated carbocycles. The van der Waals surface area contributed by atoms with Gasteiger partial charge in [0.15, 0.2) is 0 Å². The zero-order chi connectivity index (χ0) is 112. The largest absolute Gasteiger partial charge is 0.389 e. The van der Waals surface area contributed by atoms with Gasteiger partial charge in [0.05, 0.1) is 0 Å². The summed E-state index contributed by atoms with van der Waals surface area (Å²) in [6.45, 7) is 87.3. The maximum absolute atomic E-state index is 11.5. The van der Waals surface area contributed by atoms with Crippen LogP contribution in [-0.4, -0.2) is 12.4 Å². The van der Waals surface area contributed by atoms with Crippen molar-refractivity contribution in [3.8, 4) is 0 Å². The van der Waals surface area contributed by atoms with Gasteiger partial charge in [0.2, 0.25) is 0 Å². The third kappa shape index (κ3) is 81.6. The third-order valence-corrected chi connectivity index (χ3v) is 31.1. The number of hydrogen-bond donors (Lipinski definition) is 0. The summed E-state index contributed by atoms with van der Waals surface area (Å²) in [6.07, 6.45) is 63.9. The van der Waals surface area contributed by atoms with Crippen LogP contribution in [-0.2, 0) is 0 Å². The van der Waals surface area contributed by atoms with E-state index in [9.17, 15) is 26.3 Å². The minimum absolute atomic E-state index is 0.0556. The number of unbranched alkanes of at least 4 members (excludes halogenated alkanes) is 1. The van der Waals surface area contributed by atoms with Gasteiger partial charge >= 0.3 is 12.4 Å². The first-order chi connectivity index (χ1) is 64.3. The van der Waals surface area contributed by atoms with Crippen LogP contribution in [0.2, 0.25) is 0 Å². The molecule has 4 bridgehead atoms. The molecular weight excluding hydrogens is 1640 g/mol. The maximum Gasteiger partial charge on any atom is 0.389 e. The molecule has 0 heterocycles. The van der Waals surface area contributed by atoms with Gasteiger partial charge in [-0.3, -0.25) is 0 Å². The molecule has 0 nitrogen and oxygen atoms in total. The van der Waals surface area contributed by atoms with Gasteiger partial charge in [-0.05, 0) is 297 Å². The van der Waals surface area contributed by atoms with Crippen LogP contribution in [0, 0.1) is 137 Å². The van der Waals surface area contributed by atoms with Gasteiger partial charge < -0.3 is 0 Å². The lowest BCUT2D eigenvalue weighted by Crippen LogP contribution is -2.45. The van der Waals surface area contributed by atoms with E-state index in [1.165, 1.54) is 212 Å². The van der Waals surface area contributed by atoms with E-state index in [4.69, 9.17) is 12.3 Å². The Balaban J connectivity index is -0.000000475. The molecule has 0 radical (unpaired) electrons. The van der Waals surface area contributed by atoms with E-state index in [0.29, 0.717) is 46.3 Å². The van der Waals surface area contributed by atoms with Gasteiger partial charge in [0.25, 0.3) is 0 Å². The first-order valence-electron chi connectivity index (χ1n) is 62.4. The fraction of sp³-hybridized carbons (Fsp3) is 1.00. The molecular formula is C127H258F6. The summed E-state index contributed by atoms with van der Waals surface area (Å²) in [6, 6.07) is 0. The highest BCUT2D eigenvalue weighted by Gasteiger charge is 2.51. The average Bonchev–Trinajstić information content (AvgIpc) is 0.784. The zero-order valence-corrected chi connectivity index (χ0v) is 99.2. The van der Waals surface area contributed by atoms with Crippen molar-refractivity contribution in [2.45, 2.75) is 682 Å². The summed E-state index contributed by atoms with van der Waals surface area (Å²) < 4.78 is 133. The molecule has 0 aliphatic heterocycles. The van der Waals surface area contributed by atoms with Crippen LogP contribution >= 0.6 is 0 Å². The van der Waals surface area contributed by atoms with E-state index >= 15 is 0 Å². The number of rotatable bonds is 8. The van der Waals surface area contributed by atoms with Crippen molar-refractivity contribution in [1.29, 1.82) is 0 Å². The van der Waals surface area contributed by atoms with Crippen LogP contribution in [0.5, 0.6) is 0 Å². The minimum atomic E-state index is -3.98. The van der Waals surface area contributed by atoms with E-state index in [1.54, 1.807) is 138 Å². The molecule has 0 saturated heterocycles. The van der Waals surface area contributed by atoms with Gasteiger partial charge in [0, 0.05) is 25.2 Å². The molecule has 0 amide bonds.